The summed E-state index contributed by atoms with van der Waals surface area (Å²) in [7, 11) is 0. The summed E-state index contributed by atoms with van der Waals surface area (Å²) in [4.78, 5) is 11.5. The lowest BCUT2D eigenvalue weighted by Gasteiger charge is -2.06. The van der Waals surface area contributed by atoms with Crippen molar-refractivity contribution < 1.29 is 9.90 Å². The molecule has 16 heavy (non-hydrogen) atoms. The van der Waals surface area contributed by atoms with Gasteiger partial charge in [-0.2, -0.15) is 0 Å². The second kappa shape index (κ2) is 6.43. The number of benzene rings is 1. The predicted octanol–water partition coefficient (Wildman–Crippen LogP) is 3.00. The van der Waals surface area contributed by atoms with Gasteiger partial charge in [0.2, 0.25) is 0 Å². The molecule has 1 rings (SSSR count). The van der Waals surface area contributed by atoms with Crippen molar-refractivity contribution in [2.45, 2.75) is 30.4 Å². The van der Waals surface area contributed by atoms with Crippen molar-refractivity contribution in [3.05, 3.63) is 29.8 Å². The highest BCUT2D eigenvalue weighted by molar-refractivity contribution is 7.99. The van der Waals surface area contributed by atoms with Gasteiger partial charge in [-0.15, -0.1) is 11.8 Å². The summed E-state index contributed by atoms with van der Waals surface area (Å²) in [6.07, 6.45) is -0.231. The summed E-state index contributed by atoms with van der Waals surface area (Å²) in [5, 5.41) is 11.4. The minimum Gasteiger partial charge on any atom is -0.465 e. The molecular formula is C12H17NO2S. The number of carbonyl (C=O) groups is 1. The van der Waals surface area contributed by atoms with Crippen LogP contribution in [0.25, 0.3) is 0 Å². The second-order valence-electron chi connectivity index (χ2n) is 3.79. The molecular weight excluding hydrogens is 222 g/mol. The molecule has 1 aromatic carbocycles. The third-order valence-corrected chi connectivity index (χ3v) is 3.00. The summed E-state index contributed by atoms with van der Waals surface area (Å²) in [6.45, 7) is 4.79. The fourth-order valence-electron chi connectivity index (χ4n) is 1.32. The van der Waals surface area contributed by atoms with E-state index in [0.29, 0.717) is 11.8 Å². The molecule has 0 unspecified atom stereocenters. The molecule has 0 bridgehead atoms. The molecule has 0 aliphatic heterocycles. The third-order valence-electron chi connectivity index (χ3n) is 1.99. The lowest BCUT2D eigenvalue weighted by atomic mass is 10.1. The Hall–Kier alpha value is -1.16. The van der Waals surface area contributed by atoms with E-state index in [1.807, 2.05) is 23.9 Å². The van der Waals surface area contributed by atoms with Crippen molar-refractivity contribution in [1.29, 1.82) is 0 Å². The van der Waals surface area contributed by atoms with E-state index >= 15 is 0 Å². The van der Waals surface area contributed by atoms with Crippen LogP contribution in [0.2, 0.25) is 0 Å². The largest absolute Gasteiger partial charge is 0.465 e. The average Bonchev–Trinajstić information content (AvgIpc) is 2.19. The van der Waals surface area contributed by atoms with E-state index in [-0.39, 0.29) is 0 Å². The van der Waals surface area contributed by atoms with E-state index in [4.69, 9.17) is 5.11 Å². The standard InChI is InChI=1S/C12H17NO2S/c1-9(2)16-11-5-3-10(4-6-11)7-8-13-12(14)15/h3-6,9,13H,7-8H2,1-2H3,(H,14,15). The lowest BCUT2D eigenvalue weighted by Crippen LogP contribution is -2.23. The zero-order valence-electron chi connectivity index (χ0n) is 9.56. The van der Waals surface area contributed by atoms with Crippen LogP contribution in [0.4, 0.5) is 4.79 Å². The van der Waals surface area contributed by atoms with Crippen molar-refractivity contribution in [1.82, 2.24) is 5.32 Å². The molecule has 0 spiro atoms. The van der Waals surface area contributed by atoms with Gasteiger partial charge in [0.05, 0.1) is 0 Å². The number of nitrogens with one attached hydrogen (secondary N) is 1. The zero-order chi connectivity index (χ0) is 12.0. The normalized spacial score (nSPS) is 10.4. The molecule has 0 atom stereocenters. The first-order chi connectivity index (χ1) is 7.58. The van der Waals surface area contributed by atoms with Crippen molar-refractivity contribution >= 4 is 17.9 Å². The smallest absolute Gasteiger partial charge is 0.404 e. The van der Waals surface area contributed by atoms with Gasteiger partial charge in [0.25, 0.3) is 0 Å². The van der Waals surface area contributed by atoms with Crippen LogP contribution in [-0.2, 0) is 6.42 Å². The van der Waals surface area contributed by atoms with Gasteiger partial charge >= 0.3 is 6.09 Å². The van der Waals surface area contributed by atoms with E-state index < -0.39 is 6.09 Å². The molecule has 0 fully saturated rings. The highest BCUT2D eigenvalue weighted by atomic mass is 32.2. The van der Waals surface area contributed by atoms with Gasteiger partial charge in [-0.3, -0.25) is 0 Å². The van der Waals surface area contributed by atoms with E-state index in [2.05, 4.69) is 31.3 Å². The van der Waals surface area contributed by atoms with Crippen LogP contribution in [0.5, 0.6) is 0 Å². The summed E-state index contributed by atoms with van der Waals surface area (Å²) < 4.78 is 0. The Bertz CT molecular complexity index is 335. The Morgan fingerprint density at radius 3 is 2.50 bits per heavy atom. The molecule has 3 nitrogen and oxygen atoms in total. The van der Waals surface area contributed by atoms with Crippen LogP contribution < -0.4 is 5.32 Å². The predicted molar refractivity (Wildman–Crippen MR) is 67.2 cm³/mol. The fraction of sp³-hybridized carbons (Fsp3) is 0.417. The first kappa shape index (κ1) is 12.9. The number of hydrogen-bond donors (Lipinski definition) is 2. The highest BCUT2D eigenvalue weighted by Crippen LogP contribution is 2.22. The van der Waals surface area contributed by atoms with E-state index in [1.54, 1.807) is 0 Å². The van der Waals surface area contributed by atoms with Gasteiger partial charge in [-0.1, -0.05) is 26.0 Å². The van der Waals surface area contributed by atoms with Crippen molar-refractivity contribution in [2.24, 2.45) is 0 Å². The van der Waals surface area contributed by atoms with Crippen molar-refractivity contribution in [2.75, 3.05) is 6.54 Å². The minimum absolute atomic E-state index is 0.464. The Morgan fingerprint density at radius 2 is 2.00 bits per heavy atom. The van der Waals surface area contributed by atoms with E-state index in [0.717, 1.165) is 12.0 Å². The van der Waals surface area contributed by atoms with Gasteiger partial charge in [0.15, 0.2) is 0 Å². The molecule has 4 heteroatoms. The summed E-state index contributed by atoms with van der Waals surface area (Å²) in [6, 6.07) is 8.27. The Labute approximate surface area is 100 Å². The van der Waals surface area contributed by atoms with Gasteiger partial charge in [0, 0.05) is 16.7 Å². The van der Waals surface area contributed by atoms with Crippen LogP contribution in [0.1, 0.15) is 19.4 Å². The lowest BCUT2D eigenvalue weighted by molar-refractivity contribution is 0.194. The van der Waals surface area contributed by atoms with E-state index in [1.165, 1.54) is 4.90 Å². The average molecular weight is 239 g/mol. The molecule has 2 N–H and O–H groups in total. The number of hydrogen-bond acceptors (Lipinski definition) is 2. The molecule has 0 radical (unpaired) electrons. The maximum atomic E-state index is 10.3. The second-order valence-corrected chi connectivity index (χ2v) is 5.44. The number of carboxylic acid groups (broad SMARTS) is 1. The first-order valence-electron chi connectivity index (χ1n) is 5.30. The molecule has 0 saturated heterocycles. The maximum absolute atomic E-state index is 10.3. The number of rotatable bonds is 5. The third kappa shape index (κ3) is 5.07. The van der Waals surface area contributed by atoms with Crippen molar-refractivity contribution in [3.63, 3.8) is 0 Å². The van der Waals surface area contributed by atoms with Crippen LogP contribution >= 0.6 is 11.8 Å². The SMILES string of the molecule is CC(C)Sc1ccc(CCNC(=O)O)cc1. The van der Waals surface area contributed by atoms with Crippen LogP contribution in [0, 0.1) is 0 Å². The van der Waals surface area contributed by atoms with E-state index in [9.17, 15) is 4.79 Å². The molecule has 0 aliphatic rings. The van der Waals surface area contributed by atoms with Gasteiger partial charge in [0.1, 0.15) is 0 Å². The quantitative estimate of drug-likeness (QED) is 0.777. The van der Waals surface area contributed by atoms with Gasteiger partial charge < -0.3 is 10.4 Å². The molecule has 1 amide bonds. The van der Waals surface area contributed by atoms with Crippen molar-refractivity contribution in [3.8, 4) is 0 Å². The van der Waals surface area contributed by atoms with Crippen LogP contribution in [0.15, 0.2) is 29.2 Å². The topological polar surface area (TPSA) is 49.3 Å². The summed E-state index contributed by atoms with van der Waals surface area (Å²) in [5.74, 6) is 0. The minimum atomic E-state index is -0.966. The summed E-state index contributed by atoms with van der Waals surface area (Å²) in [5.41, 5.74) is 1.15. The maximum Gasteiger partial charge on any atom is 0.404 e. The first-order valence-corrected chi connectivity index (χ1v) is 6.18. The highest BCUT2D eigenvalue weighted by Gasteiger charge is 1.99. The molecule has 88 valence electrons. The fourth-order valence-corrected chi connectivity index (χ4v) is 2.16. The van der Waals surface area contributed by atoms with Gasteiger partial charge in [-0.25, -0.2) is 4.79 Å². The molecule has 0 saturated carbocycles. The molecule has 1 aromatic rings. The zero-order valence-corrected chi connectivity index (χ0v) is 10.4. The Balaban J connectivity index is 2.42. The van der Waals surface area contributed by atoms with Crippen LogP contribution in [0.3, 0.4) is 0 Å². The Kier molecular flexibility index (Phi) is 5.19. The molecule has 0 aromatic heterocycles. The number of amides is 1. The molecule has 0 aliphatic carbocycles. The summed E-state index contributed by atoms with van der Waals surface area (Å²) >= 11 is 1.83. The number of thioether (sulfide) groups is 1. The van der Waals surface area contributed by atoms with Gasteiger partial charge in [-0.05, 0) is 24.1 Å². The molecule has 0 heterocycles. The monoisotopic (exact) mass is 239 g/mol. The van der Waals surface area contributed by atoms with Crippen LogP contribution in [-0.4, -0.2) is 23.0 Å². The Morgan fingerprint density at radius 1 is 1.38 bits per heavy atom.